The van der Waals surface area contributed by atoms with E-state index in [9.17, 15) is 28.8 Å². The first-order chi connectivity index (χ1) is 20.2. The predicted molar refractivity (Wildman–Crippen MR) is 146 cm³/mol. The maximum absolute atomic E-state index is 14.4. The minimum atomic E-state index is -0.846. The summed E-state index contributed by atoms with van der Waals surface area (Å²) < 4.78 is 22.0. The number of fused-ring (bicyclic) bond motifs is 10. The van der Waals surface area contributed by atoms with Gasteiger partial charge in [0.15, 0.2) is 0 Å². The van der Waals surface area contributed by atoms with E-state index >= 15 is 0 Å². The zero-order valence-corrected chi connectivity index (χ0v) is 25.1. The minimum Gasteiger partial charge on any atom is -0.465 e. The van der Waals surface area contributed by atoms with Crippen LogP contribution in [0, 0.1) is 71.0 Å². The molecule has 12 unspecified atom stereocenters. The van der Waals surface area contributed by atoms with Crippen LogP contribution >= 0.6 is 0 Å². The van der Waals surface area contributed by atoms with E-state index in [0.29, 0.717) is 38.5 Å². The lowest BCUT2D eigenvalue weighted by molar-refractivity contribution is -0.177. The molecule has 232 valence electrons. The molecule has 0 saturated heterocycles. The minimum absolute atomic E-state index is 0.119. The molecule has 5 aliphatic carbocycles. The second-order valence-corrected chi connectivity index (χ2v) is 12.8. The smallest absolute Gasteiger partial charge is 0.310 e. The van der Waals surface area contributed by atoms with E-state index < -0.39 is 94.9 Å². The first kappa shape index (κ1) is 30.7. The second-order valence-electron chi connectivity index (χ2n) is 12.8. The van der Waals surface area contributed by atoms with Gasteiger partial charge in [0.25, 0.3) is 0 Å². The van der Waals surface area contributed by atoms with Gasteiger partial charge in [0.05, 0.1) is 50.1 Å². The Balaban J connectivity index is 1.48. The predicted octanol–water partition coefficient (Wildman–Crippen LogP) is 3.18. The highest BCUT2D eigenvalue weighted by Crippen LogP contribution is 2.68. The van der Waals surface area contributed by atoms with E-state index in [4.69, 9.17) is 18.9 Å². The van der Waals surface area contributed by atoms with Crippen molar-refractivity contribution in [3.63, 3.8) is 0 Å². The molecule has 10 heteroatoms. The summed E-state index contributed by atoms with van der Waals surface area (Å²) in [4.78, 5) is 82.0. The van der Waals surface area contributed by atoms with Crippen LogP contribution in [0.2, 0.25) is 0 Å². The molecule has 42 heavy (non-hydrogen) atoms. The average molecular weight is 589 g/mol. The lowest BCUT2D eigenvalue weighted by atomic mass is 9.53. The molecule has 0 heterocycles. The summed E-state index contributed by atoms with van der Waals surface area (Å²) in [5.41, 5.74) is 0. The van der Waals surface area contributed by atoms with Gasteiger partial charge in [-0.3, -0.25) is 28.8 Å². The highest BCUT2D eigenvalue weighted by atomic mass is 16.5. The molecule has 0 radical (unpaired) electrons. The van der Waals surface area contributed by atoms with E-state index in [1.165, 1.54) is 0 Å². The van der Waals surface area contributed by atoms with E-state index in [1.54, 1.807) is 0 Å². The Morgan fingerprint density at radius 3 is 0.881 bits per heavy atom. The van der Waals surface area contributed by atoms with Crippen molar-refractivity contribution in [2.24, 2.45) is 71.0 Å². The van der Waals surface area contributed by atoms with E-state index in [2.05, 4.69) is 0 Å². The SMILES string of the molecule is CCCOC(=O)C1C2CC(C1C(=O)OCCC)C1C(=O)C3C4CC(C(C(=O)OCCC)C4C(=O)OCCC)C3C(=O)C21. The molecule has 5 fully saturated rings. The summed E-state index contributed by atoms with van der Waals surface area (Å²) in [5, 5.41) is 0. The van der Waals surface area contributed by atoms with Gasteiger partial charge in [-0.2, -0.15) is 0 Å². The van der Waals surface area contributed by atoms with Crippen molar-refractivity contribution in [3.05, 3.63) is 0 Å². The lowest BCUT2D eigenvalue weighted by Crippen LogP contribution is -2.59. The fourth-order valence-electron chi connectivity index (χ4n) is 9.30. The van der Waals surface area contributed by atoms with Crippen LogP contribution < -0.4 is 0 Å². The van der Waals surface area contributed by atoms with E-state index in [0.717, 1.165) is 0 Å². The van der Waals surface area contributed by atoms with Crippen molar-refractivity contribution < 1.29 is 47.7 Å². The summed E-state index contributed by atoms with van der Waals surface area (Å²) in [6.45, 7) is 8.33. The molecule has 12 atom stereocenters. The topological polar surface area (TPSA) is 139 Å². The molecule has 5 saturated carbocycles. The van der Waals surface area contributed by atoms with Crippen molar-refractivity contribution >= 4 is 35.4 Å². The van der Waals surface area contributed by atoms with Crippen LogP contribution in [0.1, 0.15) is 66.2 Å². The Bertz CT molecular complexity index is 949. The van der Waals surface area contributed by atoms with Crippen molar-refractivity contribution in [1.82, 2.24) is 0 Å². The number of ether oxygens (including phenoxy) is 4. The van der Waals surface area contributed by atoms with Gasteiger partial charge in [-0.25, -0.2) is 0 Å². The van der Waals surface area contributed by atoms with Crippen LogP contribution in [0.3, 0.4) is 0 Å². The zero-order chi connectivity index (χ0) is 30.3. The fourth-order valence-corrected chi connectivity index (χ4v) is 9.30. The largest absolute Gasteiger partial charge is 0.465 e. The first-order valence-corrected chi connectivity index (χ1v) is 16.0. The number of ketones is 2. The van der Waals surface area contributed by atoms with Crippen LogP contribution in [0.4, 0.5) is 0 Å². The molecule has 0 aromatic heterocycles. The molecule has 10 nitrogen and oxygen atoms in total. The van der Waals surface area contributed by atoms with E-state index in [-0.39, 0.29) is 38.0 Å². The molecule has 0 N–H and O–H groups in total. The van der Waals surface area contributed by atoms with Crippen molar-refractivity contribution in [1.29, 1.82) is 0 Å². The van der Waals surface area contributed by atoms with Gasteiger partial charge in [0.1, 0.15) is 11.6 Å². The molecule has 5 aliphatic rings. The number of hydrogen-bond donors (Lipinski definition) is 0. The number of carbonyl (C=O) groups is 6. The van der Waals surface area contributed by atoms with Crippen LogP contribution in [0.25, 0.3) is 0 Å². The van der Waals surface area contributed by atoms with Gasteiger partial charge in [0, 0.05) is 23.7 Å². The van der Waals surface area contributed by atoms with Gasteiger partial charge >= 0.3 is 23.9 Å². The van der Waals surface area contributed by atoms with Crippen LogP contribution in [-0.2, 0) is 47.7 Å². The Morgan fingerprint density at radius 1 is 0.476 bits per heavy atom. The van der Waals surface area contributed by atoms with Gasteiger partial charge < -0.3 is 18.9 Å². The van der Waals surface area contributed by atoms with Crippen LogP contribution in [0.15, 0.2) is 0 Å². The highest BCUT2D eigenvalue weighted by molar-refractivity contribution is 6.04. The number of carbonyl (C=O) groups excluding carboxylic acids is 6. The summed E-state index contributed by atoms with van der Waals surface area (Å²) in [7, 11) is 0. The summed E-state index contributed by atoms with van der Waals surface area (Å²) in [5.74, 6) is -10.6. The summed E-state index contributed by atoms with van der Waals surface area (Å²) >= 11 is 0. The number of rotatable bonds is 12. The summed E-state index contributed by atoms with van der Waals surface area (Å²) in [6, 6.07) is 0. The normalized spacial score (nSPS) is 39.0. The Kier molecular flexibility index (Phi) is 9.09. The highest BCUT2D eigenvalue weighted by Gasteiger charge is 2.75. The molecule has 0 aromatic carbocycles. The maximum atomic E-state index is 14.4. The standard InChI is InChI=1S/C32H44O10/c1-5-9-39-29(35)23-15-13-16(24(23)30(36)40-10-6-2)20-19(15)27(33)21-17-14-18(22(21)28(20)34)26(32(38)42-12-8-4)25(17)31(37)41-11-7-3/h15-26H,5-14H2,1-4H3. The van der Waals surface area contributed by atoms with Crippen molar-refractivity contribution in [3.8, 4) is 0 Å². The molecule has 5 rings (SSSR count). The third-order valence-electron chi connectivity index (χ3n) is 10.5. The molecule has 0 aliphatic heterocycles. The third kappa shape index (κ3) is 4.77. The third-order valence-corrected chi connectivity index (χ3v) is 10.5. The molecule has 0 amide bonds. The molecule has 4 bridgehead atoms. The second kappa shape index (κ2) is 12.4. The van der Waals surface area contributed by atoms with Crippen molar-refractivity contribution in [2.75, 3.05) is 26.4 Å². The Hall–Kier alpha value is -2.78. The lowest BCUT2D eigenvalue weighted by Gasteiger charge is -2.48. The monoisotopic (exact) mass is 588 g/mol. The Labute approximate surface area is 246 Å². The molecular formula is C32H44O10. The zero-order valence-electron chi connectivity index (χ0n) is 25.1. The quantitative estimate of drug-likeness (QED) is 0.247. The van der Waals surface area contributed by atoms with Crippen LogP contribution in [-0.4, -0.2) is 61.9 Å². The summed E-state index contributed by atoms with van der Waals surface area (Å²) in [6.07, 6.45) is 3.25. The number of Topliss-reactive ketones (excluding diaryl/α,β-unsaturated/α-hetero) is 2. The van der Waals surface area contributed by atoms with Gasteiger partial charge in [-0.1, -0.05) is 27.7 Å². The molecule has 0 spiro atoms. The van der Waals surface area contributed by atoms with Gasteiger partial charge in [-0.15, -0.1) is 0 Å². The molecular weight excluding hydrogens is 544 g/mol. The van der Waals surface area contributed by atoms with Gasteiger partial charge in [0.2, 0.25) is 0 Å². The number of esters is 4. The molecule has 0 aromatic rings. The first-order valence-electron chi connectivity index (χ1n) is 16.0. The Morgan fingerprint density at radius 2 is 0.690 bits per heavy atom. The number of hydrogen-bond acceptors (Lipinski definition) is 10. The maximum Gasteiger partial charge on any atom is 0.310 e. The van der Waals surface area contributed by atoms with Crippen LogP contribution in [0.5, 0.6) is 0 Å². The van der Waals surface area contributed by atoms with E-state index in [1.807, 2.05) is 27.7 Å². The van der Waals surface area contributed by atoms with Crippen molar-refractivity contribution in [2.45, 2.75) is 66.2 Å². The average Bonchev–Trinajstić information content (AvgIpc) is 3.76. The fraction of sp³-hybridized carbons (Fsp3) is 0.812. The van der Waals surface area contributed by atoms with Gasteiger partial charge in [-0.05, 0) is 62.2 Å².